The highest BCUT2D eigenvalue weighted by molar-refractivity contribution is 7.81. The van der Waals surface area contributed by atoms with Gasteiger partial charge in [-0.2, -0.15) is 63.1 Å². The molecule has 0 saturated heterocycles. The number of aliphatic hydroxyl groups excluding tert-OH is 4. The number of aliphatic carboxylic acids is 5. The first-order valence-corrected chi connectivity index (χ1v) is 11.8. The molecule has 0 heterocycles. The highest BCUT2D eigenvalue weighted by Crippen LogP contribution is 2.11. The Kier molecular flexibility index (Phi) is 50.5. The summed E-state index contributed by atoms with van der Waals surface area (Å²) in [5, 5.41) is 72.4. The topological polar surface area (TPSA) is 267 Å². The first kappa shape index (κ1) is 47.2. The van der Waals surface area contributed by atoms with Gasteiger partial charge in [0.15, 0.2) is 0 Å². The minimum atomic E-state index is -1.11. The van der Waals surface area contributed by atoms with Gasteiger partial charge >= 0.3 is 29.8 Å². The maximum atomic E-state index is 9.55. The predicted molar refractivity (Wildman–Crippen MR) is 143 cm³/mol. The van der Waals surface area contributed by atoms with Crippen molar-refractivity contribution in [1.29, 1.82) is 0 Å². The van der Waals surface area contributed by atoms with E-state index in [0.29, 0.717) is 5.75 Å². The molecule has 0 aliphatic rings. The number of rotatable bonds is 10. The average molecular weight is 611 g/mol. The van der Waals surface area contributed by atoms with Gasteiger partial charge in [0, 0.05) is 5.75 Å². The molecular formula is C16H34O14S5. The maximum Gasteiger partial charge on any atom is 0.313 e. The van der Waals surface area contributed by atoms with Crippen molar-refractivity contribution >= 4 is 93.0 Å². The molecule has 0 atom stereocenters. The summed E-state index contributed by atoms with van der Waals surface area (Å²) in [7, 11) is 0. The zero-order valence-corrected chi connectivity index (χ0v) is 22.8. The number of carboxylic acid groups (broad SMARTS) is 5. The Balaban J connectivity index is -0.0000000735. The van der Waals surface area contributed by atoms with E-state index in [9.17, 15) is 24.0 Å². The molecular weight excluding hydrogens is 576 g/mol. The molecule has 0 aliphatic heterocycles. The van der Waals surface area contributed by atoms with Crippen LogP contribution < -0.4 is 0 Å². The van der Waals surface area contributed by atoms with Crippen molar-refractivity contribution in [3.8, 4) is 0 Å². The van der Waals surface area contributed by atoms with Crippen LogP contribution >= 0.6 is 63.1 Å². The summed E-state index contributed by atoms with van der Waals surface area (Å²) in [6.07, 6.45) is 0.156. The fourth-order valence-corrected chi connectivity index (χ4v) is 0.587. The van der Waals surface area contributed by atoms with Crippen LogP contribution in [0.2, 0.25) is 0 Å². The van der Waals surface area contributed by atoms with Crippen LogP contribution in [0, 0.1) is 5.41 Å². The minimum absolute atomic E-state index is 0.0833. The third-order valence-electron chi connectivity index (χ3n) is 2.21. The Morgan fingerprint density at radius 2 is 0.629 bits per heavy atom. The van der Waals surface area contributed by atoms with Crippen LogP contribution in [-0.2, 0) is 24.0 Å². The smallest absolute Gasteiger partial charge is 0.313 e. The van der Waals surface area contributed by atoms with Crippen molar-refractivity contribution in [3.05, 3.63) is 0 Å². The quantitative estimate of drug-likeness (QED) is 0.123. The molecule has 0 aliphatic carbocycles. The number of aliphatic hydroxyl groups is 4. The summed E-state index contributed by atoms with van der Waals surface area (Å²) < 4.78 is 0. The Hall–Kier alpha value is -1.06. The van der Waals surface area contributed by atoms with Gasteiger partial charge in [0.2, 0.25) is 0 Å². The maximum absolute atomic E-state index is 9.55. The molecule has 35 heavy (non-hydrogen) atoms. The van der Waals surface area contributed by atoms with Crippen molar-refractivity contribution in [3.63, 3.8) is 0 Å². The number of carbonyl (C=O) groups is 5. The van der Waals surface area contributed by atoms with E-state index in [2.05, 4.69) is 63.1 Å². The average Bonchev–Trinajstić information content (AvgIpc) is 2.82. The molecule has 0 spiro atoms. The van der Waals surface area contributed by atoms with Crippen molar-refractivity contribution in [1.82, 2.24) is 0 Å². The molecule has 19 heteroatoms. The van der Waals surface area contributed by atoms with Gasteiger partial charge < -0.3 is 46.0 Å². The van der Waals surface area contributed by atoms with E-state index < -0.39 is 61.7 Å². The lowest BCUT2D eigenvalue weighted by Gasteiger charge is -2.23. The van der Waals surface area contributed by atoms with Gasteiger partial charge in [-0.15, -0.1) is 0 Å². The van der Waals surface area contributed by atoms with E-state index in [1.807, 2.05) is 0 Å². The van der Waals surface area contributed by atoms with Crippen LogP contribution in [0.15, 0.2) is 0 Å². The number of hydrogen-bond acceptors (Lipinski definition) is 14. The molecule has 0 saturated carbocycles. The first-order chi connectivity index (χ1) is 16.1. The van der Waals surface area contributed by atoms with Crippen molar-refractivity contribution < 1.29 is 69.9 Å². The standard InChI is InChI=1S/C5H12O4.C3H6O2S.4C2H4O2S/c6-1-5(2-7,3-8)4-9;4-3(5)1-2-6;4*3-2(4)1-5/h6-9H,1-4H2;6H,1-2H2,(H,4,5);4*5H,1H2,(H,3,4). The first-order valence-electron chi connectivity index (χ1n) is 8.67. The Labute approximate surface area is 229 Å². The van der Waals surface area contributed by atoms with E-state index in [1.54, 1.807) is 0 Å². The van der Waals surface area contributed by atoms with Gasteiger partial charge in [-0.05, 0) is 0 Å². The third-order valence-corrected chi connectivity index (χ3v) is 3.51. The molecule has 0 radical (unpaired) electrons. The second kappa shape index (κ2) is 37.5. The molecule has 0 unspecified atom stereocenters. The highest BCUT2D eigenvalue weighted by Gasteiger charge is 2.26. The van der Waals surface area contributed by atoms with Crippen molar-refractivity contribution in [2.24, 2.45) is 5.41 Å². The second-order valence-corrected chi connectivity index (χ2v) is 6.92. The van der Waals surface area contributed by atoms with Crippen LogP contribution in [0.25, 0.3) is 0 Å². The number of carboxylic acids is 5. The summed E-state index contributed by atoms with van der Waals surface area (Å²) in [6, 6.07) is 0. The van der Waals surface area contributed by atoms with Gasteiger partial charge in [0.25, 0.3) is 0 Å². The normalized spacial score (nSPS) is 8.71. The van der Waals surface area contributed by atoms with Gasteiger partial charge in [-0.1, -0.05) is 0 Å². The fourth-order valence-electron chi connectivity index (χ4n) is 0.396. The lowest BCUT2D eigenvalue weighted by atomic mass is 9.93. The van der Waals surface area contributed by atoms with Crippen LogP contribution in [-0.4, -0.2) is 131 Å². The zero-order valence-electron chi connectivity index (χ0n) is 18.4. The van der Waals surface area contributed by atoms with Gasteiger partial charge in [-0.3, -0.25) is 24.0 Å². The van der Waals surface area contributed by atoms with E-state index >= 15 is 0 Å². The lowest BCUT2D eigenvalue weighted by Crippen LogP contribution is -2.37. The predicted octanol–water partition coefficient (Wildman–Crippen LogP) is -1.66. The van der Waals surface area contributed by atoms with Gasteiger partial charge in [0.1, 0.15) is 0 Å². The summed E-state index contributed by atoms with van der Waals surface area (Å²) >= 11 is 17.3. The highest BCUT2D eigenvalue weighted by atomic mass is 32.1. The molecule has 212 valence electrons. The summed E-state index contributed by atoms with van der Waals surface area (Å²) in [6.45, 7) is -1.62. The van der Waals surface area contributed by atoms with E-state index in [0.717, 1.165) is 0 Å². The minimum Gasteiger partial charge on any atom is -0.481 e. The van der Waals surface area contributed by atoms with Gasteiger partial charge in [-0.25, -0.2) is 0 Å². The lowest BCUT2D eigenvalue weighted by molar-refractivity contribution is -0.137. The van der Waals surface area contributed by atoms with Crippen molar-refractivity contribution in [2.45, 2.75) is 6.42 Å². The third kappa shape index (κ3) is 65.5. The van der Waals surface area contributed by atoms with E-state index in [-0.39, 0.29) is 29.4 Å². The Morgan fingerprint density at radius 3 is 0.629 bits per heavy atom. The molecule has 0 fully saturated rings. The summed E-state index contributed by atoms with van der Waals surface area (Å²) in [5.74, 6) is -4.22. The Bertz CT molecular complexity index is 459. The van der Waals surface area contributed by atoms with E-state index in [1.165, 1.54) is 0 Å². The molecule has 0 bridgehead atoms. The SMILES string of the molecule is O=C(O)CCS.O=C(O)CS.O=C(O)CS.O=C(O)CS.O=C(O)CS.OCC(CO)(CO)CO. The molecule has 9 N–H and O–H groups in total. The molecule has 14 nitrogen and oxygen atoms in total. The largest absolute Gasteiger partial charge is 0.481 e. The molecule has 0 amide bonds. The molecule has 0 aromatic rings. The molecule has 0 aromatic carbocycles. The van der Waals surface area contributed by atoms with Crippen LogP contribution in [0.4, 0.5) is 0 Å². The molecule has 0 aromatic heterocycles. The van der Waals surface area contributed by atoms with Gasteiger partial charge in [0.05, 0.1) is 61.3 Å². The van der Waals surface area contributed by atoms with Crippen LogP contribution in [0.3, 0.4) is 0 Å². The Morgan fingerprint density at radius 1 is 0.457 bits per heavy atom. The number of hydrogen-bond donors (Lipinski definition) is 14. The van der Waals surface area contributed by atoms with Crippen LogP contribution in [0.1, 0.15) is 6.42 Å². The van der Waals surface area contributed by atoms with Crippen molar-refractivity contribution in [2.75, 3.05) is 55.2 Å². The summed E-state index contributed by atoms with van der Waals surface area (Å²) in [5.41, 5.74) is -1.11. The van der Waals surface area contributed by atoms with E-state index in [4.69, 9.17) is 46.0 Å². The fraction of sp³-hybridized carbons (Fsp3) is 0.688. The molecule has 0 rings (SSSR count). The van der Waals surface area contributed by atoms with Crippen LogP contribution in [0.5, 0.6) is 0 Å². The second-order valence-electron chi connectivity index (χ2n) is 5.21. The zero-order chi connectivity index (χ0) is 29.5. The summed E-state index contributed by atoms with van der Waals surface area (Å²) in [4.78, 5) is 46.7. The number of thiol groups is 5. The monoisotopic (exact) mass is 610 g/mol.